The third-order valence-corrected chi connectivity index (χ3v) is 0. The molecule has 0 aliphatic rings. The SMILES string of the molecule is C=[N+]=[N-].N. The van der Waals surface area contributed by atoms with Crippen LogP contribution in [0.3, 0.4) is 0 Å². The Morgan fingerprint density at radius 1 is 1.75 bits per heavy atom. The molecule has 0 aromatic rings. The summed E-state index contributed by atoms with van der Waals surface area (Å²) in [6.07, 6.45) is 0. The van der Waals surface area contributed by atoms with Crippen LogP contribution in [0.25, 0.3) is 5.53 Å². The van der Waals surface area contributed by atoms with Crippen molar-refractivity contribution in [2.24, 2.45) is 0 Å². The molecule has 0 bridgehead atoms. The molecule has 0 atom stereocenters. The summed E-state index contributed by atoms with van der Waals surface area (Å²) in [6, 6.07) is 0. The molecule has 0 heterocycles. The maximum atomic E-state index is 7.08. The van der Waals surface area contributed by atoms with E-state index < -0.39 is 0 Å². The molecule has 3 nitrogen and oxygen atoms in total. The first-order chi connectivity index (χ1) is 1.41. The van der Waals surface area contributed by atoms with Crippen LogP contribution in [0.15, 0.2) is 0 Å². The molecule has 3 N–H and O–H groups in total. The van der Waals surface area contributed by atoms with Crippen molar-refractivity contribution in [1.82, 2.24) is 6.15 Å². The van der Waals surface area contributed by atoms with Gasteiger partial charge < -0.3 is 11.7 Å². The van der Waals surface area contributed by atoms with Crippen molar-refractivity contribution in [3.8, 4) is 0 Å². The van der Waals surface area contributed by atoms with Gasteiger partial charge in [-0.2, -0.15) is 4.79 Å². The minimum atomic E-state index is 0. The summed E-state index contributed by atoms with van der Waals surface area (Å²) in [5.41, 5.74) is 7.08. The normalized spacial score (nSPS) is 2.00. The van der Waals surface area contributed by atoms with Gasteiger partial charge in [0, 0.05) is 0 Å². The van der Waals surface area contributed by atoms with Gasteiger partial charge >= 0.3 is 0 Å². The Kier molecular flexibility index (Phi) is 92.5. The second-order valence-corrected chi connectivity index (χ2v) is 0.141. The molecule has 0 aromatic heterocycles. The molecule has 24 valence electrons. The summed E-state index contributed by atoms with van der Waals surface area (Å²) < 4.78 is 0. The van der Waals surface area contributed by atoms with Crippen molar-refractivity contribution in [1.29, 1.82) is 0 Å². The van der Waals surface area contributed by atoms with Crippen LogP contribution in [0.1, 0.15) is 0 Å². The predicted octanol–water partition coefficient (Wildman–Crippen LogP) is 0.0788. The van der Waals surface area contributed by atoms with E-state index in [0.717, 1.165) is 0 Å². The lowest BCUT2D eigenvalue weighted by Crippen LogP contribution is -1.21. The lowest BCUT2D eigenvalue weighted by molar-refractivity contribution is 0.0110. The van der Waals surface area contributed by atoms with Crippen LogP contribution >= 0.6 is 0 Å². The minimum Gasteiger partial charge on any atom is -0.362 e. The number of hydrogen-bond acceptors (Lipinski definition) is 1. The molecular formula is CH5N3. The third-order valence-electron chi connectivity index (χ3n) is 0. The molecule has 0 aliphatic heterocycles. The van der Waals surface area contributed by atoms with Gasteiger partial charge in [0.1, 0.15) is 0 Å². The molecule has 0 spiro atoms. The van der Waals surface area contributed by atoms with Crippen LogP contribution < -0.4 is 6.15 Å². The predicted molar refractivity (Wildman–Crippen MR) is 15.8 cm³/mol. The van der Waals surface area contributed by atoms with Gasteiger partial charge in [-0.15, -0.1) is 0 Å². The second-order valence-electron chi connectivity index (χ2n) is 0.141. The van der Waals surface area contributed by atoms with Gasteiger partial charge in [0.2, 0.25) is 6.72 Å². The molecule has 0 amide bonds. The average Bonchev–Trinajstić information content (AvgIpc) is 0.918. The van der Waals surface area contributed by atoms with Gasteiger partial charge in [0.15, 0.2) is 0 Å². The van der Waals surface area contributed by atoms with Gasteiger partial charge in [-0.05, 0) is 0 Å². The molecule has 0 saturated carbocycles. The van der Waals surface area contributed by atoms with E-state index in [0.29, 0.717) is 0 Å². The Hall–Kier alpha value is -0.660. The summed E-state index contributed by atoms with van der Waals surface area (Å²) in [6.45, 7) is 2.67. The lowest BCUT2D eigenvalue weighted by atomic mass is 11.8. The highest BCUT2D eigenvalue weighted by atomic mass is 14.8. The van der Waals surface area contributed by atoms with E-state index in [4.69, 9.17) is 5.53 Å². The number of hydrogen-bond donors (Lipinski definition) is 1. The first-order valence-corrected chi connectivity index (χ1v) is 0.516. The average molecular weight is 59.1 g/mol. The molecule has 0 saturated heterocycles. The standard InChI is InChI=1S/CH2N2.H3N/c1-3-2;/h1H2;1H3. The number of nitrogens with zero attached hydrogens (tertiary/aromatic N) is 2. The van der Waals surface area contributed by atoms with E-state index in [1.807, 2.05) is 0 Å². The quantitative estimate of drug-likeness (QED) is 0.239. The fourth-order valence-corrected chi connectivity index (χ4v) is 0. The van der Waals surface area contributed by atoms with E-state index in [2.05, 4.69) is 11.5 Å². The second kappa shape index (κ2) is 36.3. The van der Waals surface area contributed by atoms with Gasteiger partial charge in [0.05, 0.1) is 0 Å². The van der Waals surface area contributed by atoms with Crippen LogP contribution in [-0.4, -0.2) is 11.5 Å². The Labute approximate surface area is 24.5 Å². The van der Waals surface area contributed by atoms with Crippen molar-refractivity contribution in [3.63, 3.8) is 0 Å². The zero-order valence-corrected chi connectivity index (χ0v) is 2.31. The van der Waals surface area contributed by atoms with Crippen molar-refractivity contribution in [2.75, 3.05) is 0 Å². The van der Waals surface area contributed by atoms with E-state index >= 15 is 0 Å². The fraction of sp³-hybridized carbons (Fsp3) is 0. The van der Waals surface area contributed by atoms with Gasteiger partial charge in [-0.1, -0.05) is 0 Å². The number of rotatable bonds is 0. The molecule has 0 aliphatic carbocycles. The molecule has 4 heavy (non-hydrogen) atoms. The van der Waals surface area contributed by atoms with E-state index in [1.54, 1.807) is 0 Å². The highest BCUT2D eigenvalue weighted by molar-refractivity contribution is 5.12. The maximum Gasteiger partial charge on any atom is 0.245 e. The molecule has 0 radical (unpaired) electrons. The van der Waals surface area contributed by atoms with Crippen molar-refractivity contribution in [2.45, 2.75) is 0 Å². The van der Waals surface area contributed by atoms with E-state index in [9.17, 15) is 0 Å². The molecular weight excluding hydrogens is 54.0 g/mol. The molecule has 0 aromatic carbocycles. The highest BCUT2D eigenvalue weighted by Gasteiger charge is 0.932. The first kappa shape index (κ1) is 10.2. The lowest BCUT2D eigenvalue weighted by Gasteiger charge is -1.16. The summed E-state index contributed by atoms with van der Waals surface area (Å²) in [5, 5.41) is 0. The zero-order valence-electron chi connectivity index (χ0n) is 2.31. The Bertz CT molecular complexity index is 24.3. The zero-order chi connectivity index (χ0) is 2.71. The molecule has 0 fully saturated rings. The van der Waals surface area contributed by atoms with Crippen molar-refractivity contribution < 1.29 is 4.79 Å². The Balaban J connectivity index is 0. The van der Waals surface area contributed by atoms with Crippen LogP contribution in [0, 0.1) is 0 Å². The van der Waals surface area contributed by atoms with Crippen LogP contribution in [0.5, 0.6) is 0 Å². The monoisotopic (exact) mass is 59.0 g/mol. The van der Waals surface area contributed by atoms with Crippen molar-refractivity contribution >= 4 is 6.72 Å². The largest absolute Gasteiger partial charge is 0.362 e. The molecule has 0 rings (SSSR count). The smallest absolute Gasteiger partial charge is 0.245 e. The Morgan fingerprint density at radius 3 is 1.75 bits per heavy atom. The minimum absolute atomic E-state index is 0. The molecule has 0 unspecified atom stereocenters. The molecule has 3 heteroatoms. The third kappa shape index (κ3) is 0.356. The summed E-state index contributed by atoms with van der Waals surface area (Å²) in [4.78, 5) is 2.25. The van der Waals surface area contributed by atoms with Crippen LogP contribution in [0.2, 0.25) is 0 Å². The fourth-order valence-electron chi connectivity index (χ4n) is 0. The summed E-state index contributed by atoms with van der Waals surface area (Å²) in [5.74, 6) is 0. The Morgan fingerprint density at radius 2 is 1.75 bits per heavy atom. The highest BCUT2D eigenvalue weighted by Crippen LogP contribution is 0.902. The summed E-state index contributed by atoms with van der Waals surface area (Å²) in [7, 11) is 0. The maximum absolute atomic E-state index is 7.08. The van der Waals surface area contributed by atoms with E-state index in [1.165, 1.54) is 0 Å². The van der Waals surface area contributed by atoms with Gasteiger partial charge in [-0.25, -0.2) is 0 Å². The summed E-state index contributed by atoms with van der Waals surface area (Å²) >= 11 is 0. The van der Waals surface area contributed by atoms with E-state index in [-0.39, 0.29) is 6.15 Å². The topological polar surface area (TPSA) is 71.4 Å². The van der Waals surface area contributed by atoms with Gasteiger partial charge in [0.25, 0.3) is 0 Å². The van der Waals surface area contributed by atoms with Crippen LogP contribution in [-0.2, 0) is 0 Å². The van der Waals surface area contributed by atoms with Crippen LogP contribution in [0.4, 0.5) is 0 Å². The van der Waals surface area contributed by atoms with Crippen molar-refractivity contribution in [3.05, 3.63) is 5.53 Å². The first-order valence-electron chi connectivity index (χ1n) is 0.516. The van der Waals surface area contributed by atoms with Gasteiger partial charge in [-0.3, -0.25) is 0 Å².